The molecule has 5 aromatic rings. The first kappa shape index (κ1) is 38.9. The van der Waals surface area contributed by atoms with Gasteiger partial charge in [0.05, 0.1) is 48.9 Å². The molecule has 12 nitrogen and oxygen atoms in total. The zero-order valence-corrected chi connectivity index (χ0v) is 32.9. The molecule has 3 atom stereocenters. The van der Waals surface area contributed by atoms with Crippen molar-refractivity contribution >= 4 is 36.5 Å². The van der Waals surface area contributed by atoms with E-state index in [1.807, 2.05) is 85.3 Å². The molecule has 54 heavy (non-hydrogen) atoms. The Morgan fingerprint density at radius 1 is 0.889 bits per heavy atom. The number of fused-ring (bicyclic) bond motifs is 1. The third-order valence-electron chi connectivity index (χ3n) is 10.3. The number of ether oxygens (including phenoxy) is 4. The Balaban J connectivity index is 1.47. The van der Waals surface area contributed by atoms with Crippen LogP contribution < -0.4 is 20.7 Å². The van der Waals surface area contributed by atoms with Crippen LogP contribution in [0.3, 0.4) is 0 Å². The fraction of sp³-hybridized carbons (Fsp3) is 0.325. The molecule has 1 aliphatic rings. The highest BCUT2D eigenvalue weighted by Crippen LogP contribution is 2.45. The van der Waals surface area contributed by atoms with Gasteiger partial charge in [0.2, 0.25) is 0 Å². The predicted octanol–water partition coefficient (Wildman–Crippen LogP) is 7.77. The normalized spacial score (nSPS) is 17.8. The first-order chi connectivity index (χ1) is 25.6. The van der Waals surface area contributed by atoms with Crippen molar-refractivity contribution in [1.82, 2.24) is 9.55 Å². The van der Waals surface area contributed by atoms with Crippen molar-refractivity contribution in [3.63, 3.8) is 0 Å². The van der Waals surface area contributed by atoms with Crippen LogP contribution >= 0.6 is 11.6 Å². The van der Waals surface area contributed by atoms with Crippen LogP contribution in [0.25, 0.3) is 10.9 Å². The van der Waals surface area contributed by atoms with Crippen molar-refractivity contribution in [2.45, 2.75) is 62.9 Å². The van der Waals surface area contributed by atoms with Crippen molar-refractivity contribution in [2.75, 3.05) is 20.8 Å². The Hall–Kier alpha value is -4.79. The van der Waals surface area contributed by atoms with E-state index in [1.165, 1.54) is 10.6 Å². The lowest BCUT2D eigenvalue weighted by Gasteiger charge is -2.39. The molecule has 283 valence electrons. The lowest BCUT2D eigenvalue weighted by atomic mass is 9.80. The zero-order valence-electron chi connectivity index (χ0n) is 31.1. The Bertz CT molecular complexity index is 2210. The van der Waals surface area contributed by atoms with Crippen LogP contribution in [0.15, 0.2) is 101 Å². The van der Waals surface area contributed by atoms with Gasteiger partial charge in [-0.1, -0.05) is 87.0 Å². The average molecular weight is 773 g/mol. The maximum absolute atomic E-state index is 13.7. The molecule has 0 unspecified atom stereocenters. The number of benzene rings is 4. The van der Waals surface area contributed by atoms with E-state index in [1.54, 1.807) is 14.2 Å². The third-order valence-corrected chi connectivity index (χ3v) is 15.1. The summed E-state index contributed by atoms with van der Waals surface area (Å²) in [6, 6.07) is 27.4. The smallest absolute Gasteiger partial charge is 0.331 e. The standard InChI is InChI=1S/C40H43ClN3O9Si/c1-39(2,3)54(6,7)53-35-21-30(52-37(35)43-33-23-32(41)34(44(47)48)22-31(33)36(45)42-38(43)46)24-51-40(25-11-9-8-10-12-25,26-13-17-28(49-4)18-14-26)27-15-19-29(50-5)20-16-27/h8-23,30,35,37H,24H2,1-7H3,(H,42,45,46)/t30-,35-,37-/m1/s1. The van der Waals surface area contributed by atoms with E-state index in [4.69, 9.17) is 35.0 Å². The maximum Gasteiger partial charge on any atom is 0.331 e. The molecule has 0 bridgehead atoms. The van der Waals surface area contributed by atoms with Crippen LogP contribution in [0.5, 0.6) is 11.5 Å². The largest absolute Gasteiger partial charge is 0.497 e. The summed E-state index contributed by atoms with van der Waals surface area (Å²) in [7, 11) is 0.698. The quantitative estimate of drug-likeness (QED) is 0.0582. The molecule has 1 aliphatic heterocycles. The second kappa shape index (κ2) is 15.2. The summed E-state index contributed by atoms with van der Waals surface area (Å²) in [4.78, 5) is 40.1. The van der Waals surface area contributed by atoms with Crippen molar-refractivity contribution in [1.29, 1.82) is 0 Å². The second-order valence-corrected chi connectivity index (χ2v) is 19.8. The molecule has 14 heteroatoms. The van der Waals surface area contributed by atoms with Crippen LogP contribution in [-0.2, 0) is 19.5 Å². The molecule has 2 heterocycles. The number of rotatable bonds is 12. The predicted molar refractivity (Wildman–Crippen MR) is 209 cm³/mol. The van der Waals surface area contributed by atoms with Gasteiger partial charge in [0, 0.05) is 12.5 Å². The lowest BCUT2D eigenvalue weighted by Crippen LogP contribution is -2.46. The van der Waals surface area contributed by atoms with Gasteiger partial charge in [-0.15, -0.1) is 0 Å². The number of H-pyrrole nitrogens is 1. The number of hydrogen-bond donors (Lipinski definition) is 1. The number of nitro benzene ring substituents is 1. The fourth-order valence-corrected chi connectivity index (χ4v) is 7.92. The Labute approximate surface area is 318 Å². The van der Waals surface area contributed by atoms with E-state index in [-0.39, 0.29) is 27.6 Å². The first-order valence-electron chi connectivity index (χ1n) is 17.4. The summed E-state index contributed by atoms with van der Waals surface area (Å²) in [6.07, 6.45) is -0.732. The summed E-state index contributed by atoms with van der Waals surface area (Å²) in [5.74, 6) is 1.36. The van der Waals surface area contributed by atoms with Gasteiger partial charge in [-0.2, -0.15) is 0 Å². The molecule has 6 rings (SSSR count). The topological polar surface area (TPSA) is 144 Å². The molecule has 1 fully saturated rings. The van der Waals surface area contributed by atoms with Gasteiger partial charge in [0.25, 0.3) is 11.2 Å². The highest BCUT2D eigenvalue weighted by molar-refractivity contribution is 6.74. The van der Waals surface area contributed by atoms with Crippen molar-refractivity contribution < 1.29 is 28.3 Å². The van der Waals surface area contributed by atoms with Crippen LogP contribution in [0.4, 0.5) is 5.69 Å². The van der Waals surface area contributed by atoms with Gasteiger partial charge in [0.15, 0.2) is 14.5 Å². The molecule has 1 N–H and O–H groups in total. The van der Waals surface area contributed by atoms with Crippen LogP contribution in [0.1, 0.15) is 43.7 Å². The number of methoxy groups -OCH3 is 2. The summed E-state index contributed by atoms with van der Waals surface area (Å²) in [6.45, 7) is 10.5. The fourth-order valence-electron chi connectivity index (χ4n) is 6.47. The number of nitro groups is 1. The summed E-state index contributed by atoms with van der Waals surface area (Å²) < 4.78 is 32.9. The number of nitrogens with zero attached hydrogens (tertiary/aromatic N) is 2. The van der Waals surface area contributed by atoms with Crippen molar-refractivity contribution in [3.05, 3.63) is 150 Å². The van der Waals surface area contributed by atoms with E-state index >= 15 is 0 Å². The third kappa shape index (κ3) is 7.34. The molecule has 1 aromatic heterocycles. The zero-order chi connectivity index (χ0) is 39.0. The number of halogens is 1. The van der Waals surface area contributed by atoms with Crippen molar-refractivity contribution in [3.8, 4) is 11.5 Å². The van der Waals surface area contributed by atoms with Gasteiger partial charge in [-0.3, -0.25) is 24.5 Å². The SMILES string of the molecule is COc1ccc(C(OC[C@H]2[CH][C@@H](O[Si](C)(C)C(C)(C)C)[C@H](n3c(=O)[nH]c(=O)c4cc([N+](=O)[O-])c(Cl)cc43)O2)(c2ccccc2)c2ccc(OC)cc2)cc1. The minimum absolute atomic E-state index is 0.00305. The molecule has 1 radical (unpaired) electrons. The highest BCUT2D eigenvalue weighted by Gasteiger charge is 2.47. The average Bonchev–Trinajstić information content (AvgIpc) is 3.52. The van der Waals surface area contributed by atoms with Gasteiger partial charge in [-0.05, 0) is 65.2 Å². The van der Waals surface area contributed by atoms with Gasteiger partial charge < -0.3 is 23.4 Å². The lowest BCUT2D eigenvalue weighted by molar-refractivity contribution is -0.384. The Morgan fingerprint density at radius 2 is 1.44 bits per heavy atom. The van der Waals surface area contributed by atoms with E-state index in [0.29, 0.717) is 11.5 Å². The molecule has 0 spiro atoms. The Morgan fingerprint density at radius 3 is 1.96 bits per heavy atom. The molecule has 4 aromatic carbocycles. The van der Waals surface area contributed by atoms with Crippen LogP contribution in [-0.4, -0.2) is 55.8 Å². The van der Waals surface area contributed by atoms with Crippen molar-refractivity contribution in [2.24, 2.45) is 0 Å². The molecular formula is C40H43ClN3O9Si. The number of hydrogen-bond acceptors (Lipinski definition) is 9. The number of aromatic amines is 1. The summed E-state index contributed by atoms with van der Waals surface area (Å²) in [5.41, 5.74) is -0.629. The molecule has 0 aliphatic carbocycles. The first-order valence-corrected chi connectivity index (χ1v) is 20.7. The minimum atomic E-state index is -2.52. The molecular weight excluding hydrogens is 730 g/mol. The van der Waals surface area contributed by atoms with E-state index in [2.05, 4.69) is 38.8 Å². The molecule has 0 amide bonds. The second-order valence-electron chi connectivity index (χ2n) is 14.6. The molecule has 1 saturated heterocycles. The van der Waals surface area contributed by atoms with Crippen LogP contribution in [0.2, 0.25) is 23.2 Å². The summed E-state index contributed by atoms with van der Waals surface area (Å²) in [5, 5.41) is 11.2. The number of aromatic nitrogens is 2. The minimum Gasteiger partial charge on any atom is -0.497 e. The van der Waals surface area contributed by atoms with E-state index in [0.717, 1.165) is 22.8 Å². The highest BCUT2D eigenvalue weighted by atomic mass is 35.5. The van der Waals surface area contributed by atoms with Gasteiger partial charge in [0.1, 0.15) is 22.1 Å². The monoisotopic (exact) mass is 772 g/mol. The van der Waals surface area contributed by atoms with Gasteiger partial charge >= 0.3 is 5.69 Å². The summed E-state index contributed by atoms with van der Waals surface area (Å²) >= 11 is 6.35. The molecule has 0 saturated carbocycles. The number of nitrogens with one attached hydrogen (secondary N) is 1. The van der Waals surface area contributed by atoms with Crippen LogP contribution in [0, 0.1) is 16.5 Å². The van der Waals surface area contributed by atoms with Gasteiger partial charge in [-0.25, -0.2) is 4.79 Å². The van der Waals surface area contributed by atoms with E-state index in [9.17, 15) is 19.7 Å². The van der Waals surface area contributed by atoms with E-state index < -0.39 is 54.2 Å². The Kier molecular flexibility index (Phi) is 10.9. The maximum atomic E-state index is 13.7.